The first kappa shape index (κ1) is 17.6. The average Bonchev–Trinajstić information content (AvgIpc) is 2.97. The molecule has 0 atom stereocenters. The molecule has 0 aliphatic carbocycles. The van der Waals surface area contributed by atoms with Crippen LogP contribution < -0.4 is 9.40 Å². The molecule has 25 heavy (non-hydrogen) atoms. The van der Waals surface area contributed by atoms with Gasteiger partial charge in [-0.1, -0.05) is 42.3 Å². The Morgan fingerprint density at radius 1 is 0.960 bits per heavy atom. The standard InChI is InChI=1S/C21H25N3S/c1-14(2)19-13-20(23-25-18-9-7-6-8-10-18)22-24(19)21-16(4)11-15(3)12-17(21)5/h6-14H,1-5H3,(H,22,23)/p+1. The highest BCUT2D eigenvalue weighted by Crippen LogP contribution is 2.24. The molecule has 0 fully saturated rings. The van der Waals surface area contributed by atoms with Crippen molar-refractivity contribution in [2.45, 2.75) is 45.4 Å². The van der Waals surface area contributed by atoms with E-state index in [0.29, 0.717) is 5.92 Å². The first-order chi connectivity index (χ1) is 12.0. The van der Waals surface area contributed by atoms with Crippen molar-refractivity contribution in [3.05, 3.63) is 70.9 Å². The Hall–Kier alpha value is -2.20. The van der Waals surface area contributed by atoms with Gasteiger partial charge in [0, 0.05) is 21.9 Å². The van der Waals surface area contributed by atoms with Gasteiger partial charge in [-0.2, -0.15) is 0 Å². The molecule has 0 spiro atoms. The highest BCUT2D eigenvalue weighted by Gasteiger charge is 2.25. The molecule has 0 amide bonds. The molecule has 0 radical (unpaired) electrons. The Labute approximate surface area is 154 Å². The van der Waals surface area contributed by atoms with Crippen molar-refractivity contribution in [3.63, 3.8) is 0 Å². The normalized spacial score (nSPS) is 11.1. The zero-order chi connectivity index (χ0) is 18.0. The lowest BCUT2D eigenvalue weighted by Gasteiger charge is -2.07. The minimum Gasteiger partial charge on any atom is -0.307 e. The van der Waals surface area contributed by atoms with Gasteiger partial charge in [-0.3, -0.25) is 0 Å². The van der Waals surface area contributed by atoms with Crippen molar-refractivity contribution in [2.75, 3.05) is 4.72 Å². The van der Waals surface area contributed by atoms with E-state index in [0.717, 1.165) is 5.82 Å². The number of rotatable bonds is 5. The Bertz CT molecular complexity index is 843. The molecule has 0 aliphatic rings. The van der Waals surface area contributed by atoms with Crippen LogP contribution in [-0.4, -0.2) is 5.10 Å². The summed E-state index contributed by atoms with van der Waals surface area (Å²) in [4.78, 5) is 1.19. The van der Waals surface area contributed by atoms with Crippen LogP contribution in [0.15, 0.2) is 53.4 Å². The van der Waals surface area contributed by atoms with Gasteiger partial charge in [0.05, 0.1) is 6.07 Å². The molecule has 2 aromatic carbocycles. The lowest BCUT2D eigenvalue weighted by atomic mass is 10.0. The summed E-state index contributed by atoms with van der Waals surface area (Å²) in [7, 11) is 0. The Kier molecular flexibility index (Phi) is 5.19. The zero-order valence-corrected chi connectivity index (χ0v) is 16.4. The second kappa shape index (κ2) is 7.36. The number of nitrogens with zero attached hydrogens (tertiary/aromatic N) is 1. The van der Waals surface area contributed by atoms with Crippen molar-refractivity contribution >= 4 is 17.8 Å². The Morgan fingerprint density at radius 3 is 2.20 bits per heavy atom. The van der Waals surface area contributed by atoms with Gasteiger partial charge in [-0.05, 0) is 57.0 Å². The first-order valence-corrected chi connectivity index (χ1v) is 9.48. The minimum absolute atomic E-state index is 0.425. The van der Waals surface area contributed by atoms with E-state index < -0.39 is 0 Å². The van der Waals surface area contributed by atoms with E-state index in [-0.39, 0.29) is 0 Å². The topological polar surface area (TPSA) is 31.7 Å². The fourth-order valence-electron chi connectivity index (χ4n) is 3.22. The average molecular weight is 353 g/mol. The monoisotopic (exact) mass is 352 g/mol. The maximum Gasteiger partial charge on any atom is 0.241 e. The molecule has 0 unspecified atom stereocenters. The number of anilines is 1. The van der Waals surface area contributed by atoms with E-state index in [9.17, 15) is 0 Å². The van der Waals surface area contributed by atoms with Gasteiger partial charge < -0.3 is 4.72 Å². The lowest BCUT2D eigenvalue weighted by molar-refractivity contribution is -0.663. The second-order valence-corrected chi connectivity index (χ2v) is 7.73. The summed E-state index contributed by atoms with van der Waals surface area (Å²) in [5.74, 6) is 1.44. The zero-order valence-electron chi connectivity index (χ0n) is 15.6. The third kappa shape index (κ3) is 3.90. The van der Waals surface area contributed by atoms with E-state index in [4.69, 9.17) is 0 Å². The maximum absolute atomic E-state index is 3.54. The van der Waals surface area contributed by atoms with E-state index in [1.807, 2.05) is 6.07 Å². The fraction of sp³-hybridized carbons (Fsp3) is 0.286. The quantitative estimate of drug-likeness (QED) is 0.472. The summed E-state index contributed by atoms with van der Waals surface area (Å²) < 4.78 is 5.66. The third-order valence-electron chi connectivity index (χ3n) is 4.26. The molecule has 0 saturated heterocycles. The van der Waals surface area contributed by atoms with Gasteiger partial charge >= 0.3 is 0 Å². The molecule has 130 valence electrons. The van der Waals surface area contributed by atoms with Gasteiger partial charge in [0.15, 0.2) is 5.82 Å². The second-order valence-electron chi connectivity index (χ2n) is 6.85. The maximum atomic E-state index is 3.54. The third-order valence-corrected chi connectivity index (χ3v) is 5.09. The van der Waals surface area contributed by atoms with Crippen LogP contribution in [0.5, 0.6) is 0 Å². The molecular weight excluding hydrogens is 326 g/mol. The minimum atomic E-state index is 0.425. The summed E-state index contributed by atoms with van der Waals surface area (Å²) in [6.45, 7) is 11.0. The molecule has 1 heterocycles. The smallest absolute Gasteiger partial charge is 0.241 e. The van der Waals surface area contributed by atoms with Gasteiger partial charge in [0.1, 0.15) is 0 Å². The van der Waals surface area contributed by atoms with E-state index >= 15 is 0 Å². The largest absolute Gasteiger partial charge is 0.307 e. The summed E-state index contributed by atoms with van der Waals surface area (Å²) in [5, 5.41) is 3.54. The highest BCUT2D eigenvalue weighted by molar-refractivity contribution is 8.00. The van der Waals surface area contributed by atoms with Crippen molar-refractivity contribution in [1.29, 1.82) is 0 Å². The molecule has 3 rings (SSSR count). The summed E-state index contributed by atoms with van der Waals surface area (Å²) in [6.07, 6.45) is 0. The van der Waals surface area contributed by atoms with Crippen molar-refractivity contribution in [3.8, 4) is 5.69 Å². The number of benzene rings is 2. The van der Waals surface area contributed by atoms with E-state index in [2.05, 4.69) is 91.6 Å². The molecule has 3 aromatic rings. The number of H-pyrrole nitrogens is 1. The van der Waals surface area contributed by atoms with Crippen molar-refractivity contribution in [2.24, 2.45) is 0 Å². The van der Waals surface area contributed by atoms with E-state index in [1.54, 1.807) is 11.9 Å². The van der Waals surface area contributed by atoms with Gasteiger partial charge in [0.25, 0.3) is 0 Å². The van der Waals surface area contributed by atoms with Crippen molar-refractivity contribution < 1.29 is 4.68 Å². The summed E-state index contributed by atoms with van der Waals surface area (Å²) in [5.41, 5.74) is 6.38. The summed E-state index contributed by atoms with van der Waals surface area (Å²) in [6, 6.07) is 17.0. The number of aromatic nitrogens is 2. The van der Waals surface area contributed by atoms with Crippen LogP contribution in [0.1, 0.15) is 42.1 Å². The predicted octanol–water partition coefficient (Wildman–Crippen LogP) is 5.46. The lowest BCUT2D eigenvalue weighted by Crippen LogP contribution is -2.39. The van der Waals surface area contributed by atoms with Crippen LogP contribution in [0.25, 0.3) is 5.69 Å². The van der Waals surface area contributed by atoms with Crippen LogP contribution in [0.3, 0.4) is 0 Å². The van der Waals surface area contributed by atoms with Crippen LogP contribution in [-0.2, 0) is 0 Å². The van der Waals surface area contributed by atoms with Crippen LogP contribution in [0.4, 0.5) is 5.82 Å². The van der Waals surface area contributed by atoms with E-state index in [1.165, 1.54) is 33.0 Å². The van der Waals surface area contributed by atoms with Crippen LogP contribution >= 0.6 is 11.9 Å². The molecule has 3 nitrogen and oxygen atoms in total. The number of aromatic amines is 1. The van der Waals surface area contributed by atoms with Crippen LogP contribution in [0, 0.1) is 20.8 Å². The molecule has 0 saturated carbocycles. The SMILES string of the molecule is Cc1cc(C)c(-[n+]2[nH]c(NSc3ccccc3)cc2C(C)C)c(C)c1. The first-order valence-electron chi connectivity index (χ1n) is 8.67. The fourth-order valence-corrected chi connectivity index (χ4v) is 3.85. The predicted molar refractivity (Wildman–Crippen MR) is 107 cm³/mol. The molecule has 2 N–H and O–H groups in total. The molecule has 0 bridgehead atoms. The van der Waals surface area contributed by atoms with Gasteiger partial charge in [0.2, 0.25) is 11.4 Å². The molecular formula is C21H26N3S+. The molecule has 1 aromatic heterocycles. The Balaban J connectivity index is 1.96. The number of hydrogen-bond acceptors (Lipinski definition) is 2. The van der Waals surface area contributed by atoms with Crippen LogP contribution in [0.2, 0.25) is 0 Å². The van der Waals surface area contributed by atoms with Gasteiger partial charge in [-0.15, -0.1) is 5.10 Å². The Morgan fingerprint density at radius 2 is 1.60 bits per heavy atom. The highest BCUT2D eigenvalue weighted by atomic mass is 32.2. The summed E-state index contributed by atoms with van der Waals surface area (Å²) >= 11 is 1.62. The van der Waals surface area contributed by atoms with Crippen molar-refractivity contribution in [1.82, 2.24) is 5.10 Å². The number of aryl methyl sites for hydroxylation is 3. The molecule has 0 aliphatic heterocycles. The number of hydrogen-bond donors (Lipinski definition) is 2. The molecule has 4 heteroatoms. The van der Waals surface area contributed by atoms with Gasteiger partial charge in [-0.25, -0.2) is 0 Å². The number of nitrogens with one attached hydrogen (secondary N) is 2.